The van der Waals surface area contributed by atoms with Gasteiger partial charge in [0.1, 0.15) is 0 Å². The zero-order valence-corrected chi connectivity index (χ0v) is 10.8. The van der Waals surface area contributed by atoms with Gasteiger partial charge >= 0.3 is 0 Å². The summed E-state index contributed by atoms with van der Waals surface area (Å²) < 4.78 is 17.5. The molecule has 0 aliphatic rings. The molecule has 0 saturated carbocycles. The van der Waals surface area contributed by atoms with E-state index in [1.807, 2.05) is 16.7 Å². The van der Waals surface area contributed by atoms with Crippen LogP contribution in [0.25, 0.3) is 11.0 Å². The summed E-state index contributed by atoms with van der Waals surface area (Å²) in [6, 6.07) is 3.68. The van der Waals surface area contributed by atoms with Gasteiger partial charge in [-0.15, -0.1) is 0 Å². The number of ether oxygens (including phenoxy) is 3. The third kappa shape index (κ3) is 2.06. The number of nitrogens with two attached hydrogens (primary N) is 1. The number of aromatic nitrogens is 2. The molecule has 0 saturated heterocycles. The number of anilines is 1. The van der Waals surface area contributed by atoms with Gasteiger partial charge in [0.2, 0.25) is 5.95 Å². The van der Waals surface area contributed by atoms with Crippen molar-refractivity contribution in [3.63, 3.8) is 0 Å². The van der Waals surface area contributed by atoms with Crippen LogP contribution >= 0.6 is 0 Å². The van der Waals surface area contributed by atoms with Gasteiger partial charge in [-0.1, -0.05) is 0 Å². The molecule has 0 bridgehead atoms. The zero-order valence-electron chi connectivity index (χ0n) is 10.8. The highest BCUT2D eigenvalue weighted by Gasteiger charge is 2.13. The van der Waals surface area contributed by atoms with E-state index >= 15 is 0 Å². The number of benzene rings is 1. The minimum atomic E-state index is 0.456. The van der Waals surface area contributed by atoms with Crippen LogP contribution in [0, 0.1) is 0 Å². The molecule has 2 N–H and O–H groups in total. The SMILES string of the molecule is COCCn1c(N)nc2cc(OC)c(OC)cc21. The Morgan fingerprint density at radius 1 is 1.17 bits per heavy atom. The molecule has 1 heterocycles. The Labute approximate surface area is 105 Å². The fraction of sp³-hybridized carbons (Fsp3) is 0.417. The molecule has 0 aliphatic heterocycles. The lowest BCUT2D eigenvalue weighted by Gasteiger charge is -2.09. The number of nitrogen functional groups attached to an aromatic ring is 1. The van der Waals surface area contributed by atoms with E-state index in [1.54, 1.807) is 21.3 Å². The highest BCUT2D eigenvalue weighted by molar-refractivity contribution is 5.82. The maximum atomic E-state index is 5.89. The van der Waals surface area contributed by atoms with Gasteiger partial charge in [0.15, 0.2) is 11.5 Å². The molecule has 0 aliphatic carbocycles. The number of fused-ring (bicyclic) bond motifs is 1. The third-order valence-corrected chi connectivity index (χ3v) is 2.80. The molecular formula is C12H17N3O3. The molecule has 0 radical (unpaired) electrons. The largest absolute Gasteiger partial charge is 0.493 e. The zero-order chi connectivity index (χ0) is 13.1. The molecular weight excluding hydrogens is 234 g/mol. The minimum absolute atomic E-state index is 0.456. The van der Waals surface area contributed by atoms with Gasteiger partial charge in [-0.3, -0.25) is 0 Å². The minimum Gasteiger partial charge on any atom is -0.493 e. The number of methoxy groups -OCH3 is 3. The van der Waals surface area contributed by atoms with Crippen LogP contribution in [0.3, 0.4) is 0 Å². The van der Waals surface area contributed by atoms with Gasteiger partial charge in [0, 0.05) is 25.8 Å². The Balaban J connectivity index is 2.55. The van der Waals surface area contributed by atoms with Crippen LogP contribution in [-0.2, 0) is 11.3 Å². The second-order valence-electron chi connectivity index (χ2n) is 3.81. The van der Waals surface area contributed by atoms with Crippen molar-refractivity contribution in [3.05, 3.63) is 12.1 Å². The lowest BCUT2D eigenvalue weighted by molar-refractivity contribution is 0.189. The average molecular weight is 251 g/mol. The molecule has 0 amide bonds. The topological polar surface area (TPSA) is 71.5 Å². The van der Waals surface area contributed by atoms with Crippen LogP contribution in [0.2, 0.25) is 0 Å². The highest BCUT2D eigenvalue weighted by Crippen LogP contribution is 2.32. The monoisotopic (exact) mass is 251 g/mol. The Hall–Kier alpha value is -1.95. The number of imidazole rings is 1. The summed E-state index contributed by atoms with van der Waals surface area (Å²) in [6.45, 7) is 1.22. The Kier molecular flexibility index (Phi) is 3.57. The molecule has 1 aromatic carbocycles. The predicted molar refractivity (Wildman–Crippen MR) is 69.1 cm³/mol. The van der Waals surface area contributed by atoms with Crippen LogP contribution in [0.4, 0.5) is 5.95 Å². The number of hydrogen-bond acceptors (Lipinski definition) is 5. The Morgan fingerprint density at radius 3 is 2.44 bits per heavy atom. The van der Waals surface area contributed by atoms with Crippen LogP contribution in [-0.4, -0.2) is 37.5 Å². The molecule has 98 valence electrons. The molecule has 0 atom stereocenters. The molecule has 2 aromatic rings. The van der Waals surface area contributed by atoms with Crippen molar-refractivity contribution in [2.45, 2.75) is 6.54 Å². The van der Waals surface area contributed by atoms with E-state index in [0.717, 1.165) is 11.0 Å². The first kappa shape index (κ1) is 12.5. The molecule has 0 unspecified atom stereocenters. The van der Waals surface area contributed by atoms with Crippen molar-refractivity contribution in [2.24, 2.45) is 0 Å². The molecule has 2 rings (SSSR count). The summed E-state index contributed by atoms with van der Waals surface area (Å²) in [7, 11) is 4.84. The van der Waals surface area contributed by atoms with Gasteiger partial charge < -0.3 is 24.5 Å². The van der Waals surface area contributed by atoms with Crippen LogP contribution in [0.5, 0.6) is 11.5 Å². The number of nitrogens with zero attached hydrogens (tertiary/aromatic N) is 2. The molecule has 18 heavy (non-hydrogen) atoms. The third-order valence-electron chi connectivity index (χ3n) is 2.80. The smallest absolute Gasteiger partial charge is 0.201 e. The Bertz CT molecular complexity index is 551. The van der Waals surface area contributed by atoms with E-state index < -0.39 is 0 Å². The second-order valence-corrected chi connectivity index (χ2v) is 3.81. The summed E-state index contributed by atoms with van der Waals surface area (Å²) in [5, 5.41) is 0. The summed E-state index contributed by atoms with van der Waals surface area (Å²) >= 11 is 0. The quantitative estimate of drug-likeness (QED) is 0.866. The normalized spacial score (nSPS) is 10.8. The fourth-order valence-corrected chi connectivity index (χ4v) is 1.89. The van der Waals surface area contributed by atoms with Gasteiger partial charge in [-0.2, -0.15) is 0 Å². The molecule has 0 spiro atoms. The summed E-state index contributed by atoms with van der Waals surface area (Å²) in [5.41, 5.74) is 7.58. The standard InChI is InChI=1S/C12H17N3O3/c1-16-5-4-15-9-7-11(18-3)10(17-2)6-8(9)14-12(15)13/h6-7H,4-5H2,1-3H3,(H2,13,14). The van der Waals surface area contributed by atoms with E-state index in [2.05, 4.69) is 4.98 Å². The van der Waals surface area contributed by atoms with E-state index in [-0.39, 0.29) is 0 Å². The van der Waals surface area contributed by atoms with Crippen molar-refractivity contribution in [3.8, 4) is 11.5 Å². The summed E-state index contributed by atoms with van der Waals surface area (Å²) in [6.07, 6.45) is 0. The number of hydrogen-bond donors (Lipinski definition) is 1. The van der Waals surface area contributed by atoms with Gasteiger partial charge in [-0.05, 0) is 0 Å². The average Bonchev–Trinajstić information content (AvgIpc) is 2.69. The molecule has 0 fully saturated rings. The van der Waals surface area contributed by atoms with Gasteiger partial charge in [0.05, 0.1) is 31.9 Å². The first-order chi connectivity index (χ1) is 8.71. The lowest BCUT2D eigenvalue weighted by Crippen LogP contribution is -2.07. The Morgan fingerprint density at radius 2 is 1.83 bits per heavy atom. The maximum Gasteiger partial charge on any atom is 0.201 e. The van der Waals surface area contributed by atoms with Crippen LogP contribution in [0.1, 0.15) is 0 Å². The second kappa shape index (κ2) is 5.14. The van der Waals surface area contributed by atoms with Crippen LogP contribution < -0.4 is 15.2 Å². The highest BCUT2D eigenvalue weighted by atomic mass is 16.5. The van der Waals surface area contributed by atoms with Crippen LogP contribution in [0.15, 0.2) is 12.1 Å². The van der Waals surface area contributed by atoms with E-state index in [1.165, 1.54) is 0 Å². The number of rotatable bonds is 5. The van der Waals surface area contributed by atoms with Crippen molar-refractivity contribution in [1.29, 1.82) is 0 Å². The fourth-order valence-electron chi connectivity index (χ4n) is 1.89. The maximum absolute atomic E-state index is 5.89. The van der Waals surface area contributed by atoms with Crippen molar-refractivity contribution < 1.29 is 14.2 Å². The van der Waals surface area contributed by atoms with Crippen molar-refractivity contribution in [2.75, 3.05) is 33.7 Å². The summed E-state index contributed by atoms with van der Waals surface area (Å²) in [4.78, 5) is 4.30. The van der Waals surface area contributed by atoms with Gasteiger partial charge in [-0.25, -0.2) is 4.98 Å². The van der Waals surface area contributed by atoms with Crippen molar-refractivity contribution in [1.82, 2.24) is 9.55 Å². The van der Waals surface area contributed by atoms with E-state index in [4.69, 9.17) is 19.9 Å². The predicted octanol–water partition coefficient (Wildman–Crippen LogP) is 1.28. The first-order valence-electron chi connectivity index (χ1n) is 5.58. The lowest BCUT2D eigenvalue weighted by atomic mass is 10.2. The molecule has 1 aromatic heterocycles. The summed E-state index contributed by atoms with van der Waals surface area (Å²) in [5.74, 6) is 1.75. The molecule has 6 nitrogen and oxygen atoms in total. The van der Waals surface area contributed by atoms with Gasteiger partial charge in [0.25, 0.3) is 0 Å². The van der Waals surface area contributed by atoms with E-state index in [9.17, 15) is 0 Å². The first-order valence-corrected chi connectivity index (χ1v) is 5.58. The molecule has 6 heteroatoms. The van der Waals surface area contributed by atoms with Crippen molar-refractivity contribution >= 4 is 17.0 Å². The van der Waals surface area contributed by atoms with E-state index in [0.29, 0.717) is 30.6 Å².